The van der Waals surface area contributed by atoms with Crippen LogP contribution in [0.2, 0.25) is 0 Å². The van der Waals surface area contributed by atoms with Crippen LogP contribution < -0.4 is 10.0 Å². The fraction of sp³-hybridized carbons (Fsp3) is 0.733. The smallest absolute Gasteiger partial charge is 0.279 e. The van der Waals surface area contributed by atoms with E-state index in [-0.39, 0.29) is 24.4 Å². The van der Waals surface area contributed by atoms with Gasteiger partial charge in [-0.1, -0.05) is 13.8 Å². The average molecular weight is 372 g/mol. The number of hydrogen-bond acceptors (Lipinski definition) is 5. The van der Waals surface area contributed by atoms with Gasteiger partial charge in [0.15, 0.2) is 5.82 Å². The average Bonchev–Trinajstić information content (AvgIpc) is 3.04. The van der Waals surface area contributed by atoms with E-state index in [0.29, 0.717) is 24.8 Å². The minimum Gasteiger partial charge on any atom is -0.308 e. The van der Waals surface area contributed by atoms with Gasteiger partial charge in [-0.3, -0.25) is 14.4 Å². The zero-order valence-electron chi connectivity index (χ0n) is 15.4. The number of aryl methyl sites for hydroxylation is 1. The molecular formula is C15H28N6O3S. The molecule has 0 unspecified atom stereocenters. The normalized spacial score (nSPS) is 22.0. The summed E-state index contributed by atoms with van der Waals surface area (Å²) in [4.78, 5) is 14.2. The summed E-state index contributed by atoms with van der Waals surface area (Å²) in [7, 11) is 1.28. The van der Waals surface area contributed by atoms with Crippen LogP contribution in [0.15, 0.2) is 12.3 Å². The fourth-order valence-corrected chi connectivity index (χ4v) is 3.85. The SMILES string of the molecule is CC(C)[C@@H]1CN(CC(=O)Nc2ccn(C)n2)C[C@H]1NS(=O)(=O)N(C)C. The monoisotopic (exact) mass is 372 g/mol. The van der Waals surface area contributed by atoms with Gasteiger partial charge >= 0.3 is 0 Å². The maximum absolute atomic E-state index is 12.2. The lowest BCUT2D eigenvalue weighted by Gasteiger charge is -2.24. The molecular weight excluding hydrogens is 344 g/mol. The molecule has 1 aliphatic heterocycles. The highest BCUT2D eigenvalue weighted by Crippen LogP contribution is 2.25. The van der Waals surface area contributed by atoms with E-state index in [1.807, 2.05) is 4.90 Å². The molecule has 1 amide bonds. The van der Waals surface area contributed by atoms with Crippen molar-refractivity contribution >= 4 is 21.9 Å². The van der Waals surface area contributed by atoms with Crippen LogP contribution in [0, 0.1) is 11.8 Å². The van der Waals surface area contributed by atoms with Crippen molar-refractivity contribution in [2.75, 3.05) is 39.0 Å². The molecule has 0 aromatic carbocycles. The zero-order chi connectivity index (χ0) is 18.8. The molecule has 142 valence electrons. The summed E-state index contributed by atoms with van der Waals surface area (Å²) in [6.07, 6.45) is 1.76. The number of likely N-dealkylation sites (tertiary alicyclic amines) is 1. The van der Waals surface area contributed by atoms with Crippen molar-refractivity contribution in [2.24, 2.45) is 18.9 Å². The Hall–Kier alpha value is -1.49. The molecule has 0 aliphatic carbocycles. The van der Waals surface area contributed by atoms with E-state index in [1.54, 1.807) is 24.0 Å². The fourth-order valence-electron chi connectivity index (χ4n) is 3.01. The molecule has 2 atom stereocenters. The molecule has 2 rings (SSSR count). The van der Waals surface area contributed by atoms with Crippen molar-refractivity contribution in [3.05, 3.63) is 12.3 Å². The Bertz CT molecular complexity index is 700. The van der Waals surface area contributed by atoms with Gasteiger partial charge in [-0.05, 0) is 11.8 Å². The van der Waals surface area contributed by atoms with E-state index in [9.17, 15) is 13.2 Å². The van der Waals surface area contributed by atoms with Gasteiger partial charge < -0.3 is 5.32 Å². The molecule has 0 spiro atoms. The Kier molecular flexibility index (Phi) is 6.20. The van der Waals surface area contributed by atoms with E-state index < -0.39 is 10.2 Å². The number of anilines is 1. The largest absolute Gasteiger partial charge is 0.308 e. The molecule has 2 heterocycles. The molecule has 1 aromatic heterocycles. The standard InChI is InChI=1S/C15H28N6O3S/c1-11(2)12-8-21(9-13(12)18-25(23,24)19(3)4)10-15(22)16-14-6-7-20(5)17-14/h6-7,11-13,18H,8-10H2,1-5H3,(H,16,17,22)/t12-,13+/m0/s1. The number of nitrogens with one attached hydrogen (secondary N) is 2. The Labute approximate surface area is 149 Å². The van der Waals surface area contributed by atoms with Gasteiger partial charge in [-0.15, -0.1) is 0 Å². The van der Waals surface area contributed by atoms with Crippen molar-refractivity contribution in [1.29, 1.82) is 0 Å². The first-order chi connectivity index (χ1) is 11.6. The summed E-state index contributed by atoms with van der Waals surface area (Å²) in [5, 5.41) is 6.88. The molecule has 0 radical (unpaired) electrons. The highest BCUT2D eigenvalue weighted by atomic mass is 32.2. The number of rotatable bonds is 7. The predicted octanol–water partition coefficient (Wildman–Crippen LogP) is -0.289. The Morgan fingerprint density at radius 3 is 2.60 bits per heavy atom. The van der Waals surface area contributed by atoms with Gasteiger partial charge in [0, 0.05) is 52.5 Å². The van der Waals surface area contributed by atoms with Crippen LogP contribution in [0.25, 0.3) is 0 Å². The summed E-state index contributed by atoms with van der Waals surface area (Å²) in [5.41, 5.74) is 0. The zero-order valence-corrected chi connectivity index (χ0v) is 16.2. The highest BCUT2D eigenvalue weighted by Gasteiger charge is 2.37. The van der Waals surface area contributed by atoms with Crippen molar-refractivity contribution in [2.45, 2.75) is 19.9 Å². The van der Waals surface area contributed by atoms with Crippen LogP contribution in [0.3, 0.4) is 0 Å². The topological polar surface area (TPSA) is 99.6 Å². The van der Waals surface area contributed by atoms with Crippen molar-refractivity contribution in [1.82, 2.24) is 23.7 Å². The van der Waals surface area contributed by atoms with Gasteiger partial charge in [0.2, 0.25) is 5.91 Å². The third-order valence-electron chi connectivity index (χ3n) is 4.43. The lowest BCUT2D eigenvalue weighted by Crippen LogP contribution is -2.46. The van der Waals surface area contributed by atoms with E-state index in [2.05, 4.69) is 29.0 Å². The maximum Gasteiger partial charge on any atom is 0.279 e. The lowest BCUT2D eigenvalue weighted by atomic mass is 9.92. The van der Waals surface area contributed by atoms with Crippen LogP contribution >= 0.6 is 0 Å². The second-order valence-electron chi connectivity index (χ2n) is 7.04. The molecule has 1 saturated heterocycles. The van der Waals surface area contributed by atoms with Crippen LogP contribution in [0.4, 0.5) is 5.82 Å². The van der Waals surface area contributed by atoms with Crippen LogP contribution in [0.5, 0.6) is 0 Å². The van der Waals surface area contributed by atoms with E-state index in [4.69, 9.17) is 0 Å². The van der Waals surface area contributed by atoms with E-state index in [1.165, 1.54) is 18.4 Å². The third-order valence-corrected chi connectivity index (χ3v) is 5.99. The molecule has 1 aliphatic rings. The third kappa shape index (κ3) is 5.24. The van der Waals surface area contributed by atoms with Gasteiger partial charge in [0.1, 0.15) is 0 Å². The second-order valence-corrected chi connectivity index (χ2v) is 8.95. The predicted molar refractivity (Wildman–Crippen MR) is 96.1 cm³/mol. The number of hydrogen-bond donors (Lipinski definition) is 2. The number of aromatic nitrogens is 2. The van der Waals surface area contributed by atoms with Crippen molar-refractivity contribution in [3.8, 4) is 0 Å². The molecule has 0 bridgehead atoms. The molecule has 2 N–H and O–H groups in total. The highest BCUT2D eigenvalue weighted by molar-refractivity contribution is 7.87. The molecule has 1 fully saturated rings. The first-order valence-electron chi connectivity index (χ1n) is 8.30. The maximum atomic E-state index is 12.2. The molecule has 10 heteroatoms. The summed E-state index contributed by atoms with van der Waals surface area (Å²) >= 11 is 0. The second kappa shape index (κ2) is 7.81. The van der Waals surface area contributed by atoms with Crippen LogP contribution in [0.1, 0.15) is 13.8 Å². The summed E-state index contributed by atoms with van der Waals surface area (Å²) in [5.74, 6) is 0.811. The van der Waals surface area contributed by atoms with E-state index >= 15 is 0 Å². The molecule has 25 heavy (non-hydrogen) atoms. The molecule has 0 saturated carbocycles. The summed E-state index contributed by atoms with van der Waals surface area (Å²) < 4.78 is 29.8. The number of nitrogens with zero attached hydrogens (tertiary/aromatic N) is 4. The number of carbonyl (C=O) groups excluding carboxylic acids is 1. The molecule has 9 nitrogen and oxygen atoms in total. The van der Waals surface area contributed by atoms with Gasteiger partial charge in [0.25, 0.3) is 10.2 Å². The van der Waals surface area contributed by atoms with Gasteiger partial charge in [-0.2, -0.15) is 22.5 Å². The molecule has 1 aromatic rings. The number of carbonyl (C=O) groups is 1. The van der Waals surface area contributed by atoms with E-state index in [0.717, 1.165) is 0 Å². The first kappa shape index (κ1) is 19.8. The van der Waals surface area contributed by atoms with Crippen molar-refractivity contribution in [3.63, 3.8) is 0 Å². The van der Waals surface area contributed by atoms with Gasteiger partial charge in [-0.25, -0.2) is 0 Å². The van der Waals surface area contributed by atoms with Crippen LogP contribution in [-0.4, -0.2) is 73.1 Å². The summed E-state index contributed by atoms with van der Waals surface area (Å²) in [6.45, 7) is 5.53. The van der Waals surface area contributed by atoms with Gasteiger partial charge in [0.05, 0.1) is 6.54 Å². The lowest BCUT2D eigenvalue weighted by molar-refractivity contribution is -0.117. The summed E-state index contributed by atoms with van der Waals surface area (Å²) in [6, 6.07) is 1.52. The number of amides is 1. The quantitative estimate of drug-likeness (QED) is 0.685. The van der Waals surface area contributed by atoms with Crippen LogP contribution in [-0.2, 0) is 22.1 Å². The first-order valence-corrected chi connectivity index (χ1v) is 9.74. The Morgan fingerprint density at radius 2 is 2.08 bits per heavy atom. The minimum absolute atomic E-state index is 0.150. The Morgan fingerprint density at radius 1 is 1.40 bits per heavy atom. The Balaban J connectivity index is 1.97. The minimum atomic E-state index is -3.50. The van der Waals surface area contributed by atoms with Crippen molar-refractivity contribution < 1.29 is 13.2 Å².